The van der Waals surface area contributed by atoms with Crippen LogP contribution in [0.1, 0.15) is 24.5 Å². The number of hydrogen-bond acceptors (Lipinski definition) is 3. The molecule has 1 unspecified atom stereocenters. The second-order valence-corrected chi connectivity index (χ2v) is 3.71. The lowest BCUT2D eigenvalue weighted by molar-refractivity contribution is 0.189. The van der Waals surface area contributed by atoms with Crippen LogP contribution in [0, 0.1) is 18.3 Å². The smallest absolute Gasteiger partial charge is 0.0992 e. The Morgan fingerprint density at radius 3 is 2.87 bits per heavy atom. The molecule has 0 fully saturated rings. The van der Waals surface area contributed by atoms with E-state index in [2.05, 4.69) is 11.4 Å². The van der Waals surface area contributed by atoms with E-state index in [1.54, 1.807) is 13.0 Å². The van der Waals surface area contributed by atoms with Gasteiger partial charge in [-0.15, -0.1) is 0 Å². The molecule has 3 nitrogen and oxygen atoms in total. The molecule has 1 aromatic rings. The minimum absolute atomic E-state index is 0.294. The van der Waals surface area contributed by atoms with Crippen molar-refractivity contribution in [2.45, 2.75) is 26.4 Å². The maximum Gasteiger partial charge on any atom is 0.0992 e. The fourth-order valence-electron chi connectivity index (χ4n) is 1.30. The molecule has 0 radical (unpaired) electrons. The predicted molar refractivity (Wildman–Crippen MR) is 60.7 cm³/mol. The molecule has 80 valence electrons. The summed E-state index contributed by atoms with van der Waals surface area (Å²) in [5.41, 5.74) is 2.73. The minimum Gasteiger partial charge on any atom is -0.393 e. The van der Waals surface area contributed by atoms with Gasteiger partial charge in [-0.2, -0.15) is 5.26 Å². The Balaban J connectivity index is 2.64. The molecule has 0 aromatic heterocycles. The van der Waals surface area contributed by atoms with Crippen LogP contribution in [0.25, 0.3) is 0 Å². The van der Waals surface area contributed by atoms with E-state index in [4.69, 9.17) is 10.4 Å². The molecular formula is C12H16N2O. The molecule has 0 amide bonds. The fraction of sp³-hybridized carbons (Fsp3) is 0.417. The molecular weight excluding hydrogens is 188 g/mol. The second kappa shape index (κ2) is 5.38. The van der Waals surface area contributed by atoms with Gasteiger partial charge in [0.25, 0.3) is 0 Å². The monoisotopic (exact) mass is 204 g/mol. The number of nitriles is 1. The largest absolute Gasteiger partial charge is 0.393 e. The SMILES string of the molecule is Cc1ccc(C#N)cc1NCCC(C)O. The van der Waals surface area contributed by atoms with E-state index >= 15 is 0 Å². The normalized spacial score (nSPS) is 11.9. The predicted octanol–water partition coefficient (Wildman–Crippen LogP) is 2.05. The number of nitrogens with zero attached hydrogens (tertiary/aromatic N) is 1. The average Bonchev–Trinajstić information content (AvgIpc) is 2.20. The first-order valence-electron chi connectivity index (χ1n) is 5.06. The van der Waals surface area contributed by atoms with Crippen LogP contribution in [-0.2, 0) is 0 Å². The Kier molecular flexibility index (Phi) is 4.14. The summed E-state index contributed by atoms with van der Waals surface area (Å²) in [4.78, 5) is 0. The van der Waals surface area contributed by atoms with E-state index in [1.165, 1.54) is 0 Å². The van der Waals surface area contributed by atoms with E-state index in [9.17, 15) is 0 Å². The molecule has 0 heterocycles. The first-order chi connectivity index (χ1) is 7.13. The maximum absolute atomic E-state index is 9.11. The lowest BCUT2D eigenvalue weighted by atomic mass is 10.1. The van der Waals surface area contributed by atoms with Crippen molar-refractivity contribution in [3.8, 4) is 6.07 Å². The van der Waals surface area contributed by atoms with Crippen LogP contribution in [0.2, 0.25) is 0 Å². The van der Waals surface area contributed by atoms with Crippen LogP contribution in [0.4, 0.5) is 5.69 Å². The summed E-state index contributed by atoms with van der Waals surface area (Å²) in [5, 5.41) is 21.1. The summed E-state index contributed by atoms with van der Waals surface area (Å²) in [6.45, 7) is 4.47. The summed E-state index contributed by atoms with van der Waals surface area (Å²) < 4.78 is 0. The van der Waals surface area contributed by atoms with E-state index < -0.39 is 0 Å². The zero-order valence-electron chi connectivity index (χ0n) is 9.12. The summed E-state index contributed by atoms with van der Waals surface area (Å²) in [7, 11) is 0. The number of aryl methyl sites for hydroxylation is 1. The number of benzene rings is 1. The quantitative estimate of drug-likeness (QED) is 0.789. The van der Waals surface area contributed by atoms with Gasteiger partial charge in [-0.3, -0.25) is 0 Å². The zero-order valence-corrected chi connectivity index (χ0v) is 9.12. The van der Waals surface area contributed by atoms with Gasteiger partial charge in [-0.25, -0.2) is 0 Å². The number of hydrogen-bond donors (Lipinski definition) is 2. The Morgan fingerprint density at radius 2 is 2.27 bits per heavy atom. The third-order valence-corrected chi connectivity index (χ3v) is 2.24. The third-order valence-electron chi connectivity index (χ3n) is 2.24. The lowest BCUT2D eigenvalue weighted by Crippen LogP contribution is -2.10. The van der Waals surface area contributed by atoms with Gasteiger partial charge in [0.2, 0.25) is 0 Å². The Bertz CT molecular complexity index is 366. The summed E-state index contributed by atoms with van der Waals surface area (Å²) in [6.07, 6.45) is 0.410. The molecule has 15 heavy (non-hydrogen) atoms. The van der Waals surface area contributed by atoms with Gasteiger partial charge in [0.05, 0.1) is 17.7 Å². The first kappa shape index (κ1) is 11.5. The minimum atomic E-state index is -0.294. The van der Waals surface area contributed by atoms with Crippen molar-refractivity contribution in [3.63, 3.8) is 0 Å². The van der Waals surface area contributed by atoms with Gasteiger partial charge in [0, 0.05) is 12.2 Å². The van der Waals surface area contributed by atoms with E-state index in [-0.39, 0.29) is 6.10 Å². The van der Waals surface area contributed by atoms with Gasteiger partial charge in [0.1, 0.15) is 0 Å². The van der Waals surface area contributed by atoms with Crippen LogP contribution in [0.15, 0.2) is 18.2 Å². The second-order valence-electron chi connectivity index (χ2n) is 3.71. The molecule has 0 aliphatic carbocycles. The Hall–Kier alpha value is -1.53. The van der Waals surface area contributed by atoms with E-state index in [1.807, 2.05) is 19.1 Å². The van der Waals surface area contributed by atoms with Gasteiger partial charge in [-0.05, 0) is 38.0 Å². The number of rotatable bonds is 4. The van der Waals surface area contributed by atoms with Crippen molar-refractivity contribution in [2.75, 3.05) is 11.9 Å². The summed E-state index contributed by atoms with van der Waals surface area (Å²) >= 11 is 0. The zero-order chi connectivity index (χ0) is 11.3. The highest BCUT2D eigenvalue weighted by molar-refractivity contribution is 5.55. The molecule has 1 aromatic carbocycles. The van der Waals surface area contributed by atoms with Crippen LogP contribution >= 0.6 is 0 Å². The van der Waals surface area contributed by atoms with Crippen LogP contribution < -0.4 is 5.32 Å². The van der Waals surface area contributed by atoms with Crippen molar-refractivity contribution in [3.05, 3.63) is 29.3 Å². The van der Waals surface area contributed by atoms with Crippen LogP contribution in [-0.4, -0.2) is 17.8 Å². The molecule has 3 heteroatoms. The topological polar surface area (TPSA) is 56.0 Å². The highest BCUT2D eigenvalue weighted by atomic mass is 16.3. The van der Waals surface area contributed by atoms with Crippen LogP contribution in [0.5, 0.6) is 0 Å². The third kappa shape index (κ3) is 3.61. The number of nitrogens with one attached hydrogen (secondary N) is 1. The van der Waals surface area contributed by atoms with Gasteiger partial charge in [-0.1, -0.05) is 6.07 Å². The molecule has 1 rings (SSSR count). The standard InChI is InChI=1S/C12H16N2O/c1-9-3-4-11(8-13)7-12(9)14-6-5-10(2)15/h3-4,7,10,14-15H,5-6H2,1-2H3. The molecule has 1 atom stereocenters. The highest BCUT2D eigenvalue weighted by Gasteiger charge is 2.00. The van der Waals surface area contributed by atoms with Gasteiger partial charge in [0.15, 0.2) is 0 Å². The molecule has 0 saturated heterocycles. The van der Waals surface area contributed by atoms with Gasteiger partial charge >= 0.3 is 0 Å². The van der Waals surface area contributed by atoms with Crippen molar-refractivity contribution < 1.29 is 5.11 Å². The van der Waals surface area contributed by atoms with E-state index in [0.717, 1.165) is 11.3 Å². The Morgan fingerprint density at radius 1 is 1.53 bits per heavy atom. The lowest BCUT2D eigenvalue weighted by Gasteiger charge is -2.10. The number of aliphatic hydroxyl groups excluding tert-OH is 1. The molecule has 2 N–H and O–H groups in total. The highest BCUT2D eigenvalue weighted by Crippen LogP contribution is 2.16. The molecule has 0 aliphatic heterocycles. The summed E-state index contributed by atoms with van der Waals surface area (Å²) in [5.74, 6) is 0. The Labute approximate surface area is 90.4 Å². The fourth-order valence-corrected chi connectivity index (χ4v) is 1.30. The number of aliphatic hydroxyl groups is 1. The van der Waals surface area contributed by atoms with E-state index in [0.29, 0.717) is 18.5 Å². The molecule has 0 saturated carbocycles. The first-order valence-corrected chi connectivity index (χ1v) is 5.06. The van der Waals surface area contributed by atoms with Crippen molar-refractivity contribution in [1.82, 2.24) is 0 Å². The molecule has 0 aliphatic rings. The van der Waals surface area contributed by atoms with Crippen molar-refractivity contribution >= 4 is 5.69 Å². The van der Waals surface area contributed by atoms with Crippen molar-refractivity contribution in [2.24, 2.45) is 0 Å². The number of anilines is 1. The molecule has 0 bridgehead atoms. The maximum atomic E-state index is 9.11. The van der Waals surface area contributed by atoms with Crippen LogP contribution in [0.3, 0.4) is 0 Å². The molecule has 0 spiro atoms. The summed E-state index contributed by atoms with van der Waals surface area (Å²) in [6, 6.07) is 7.66. The average molecular weight is 204 g/mol. The van der Waals surface area contributed by atoms with Gasteiger partial charge < -0.3 is 10.4 Å². The van der Waals surface area contributed by atoms with Crippen molar-refractivity contribution in [1.29, 1.82) is 5.26 Å².